The Morgan fingerprint density at radius 1 is 1.73 bits per heavy atom. The Labute approximate surface area is 66.8 Å². The van der Waals surface area contributed by atoms with Gasteiger partial charge >= 0.3 is 0 Å². The first-order chi connectivity index (χ1) is 5.19. The summed E-state index contributed by atoms with van der Waals surface area (Å²) in [5.74, 6) is 0.296. The van der Waals surface area contributed by atoms with Crippen molar-refractivity contribution in [2.24, 2.45) is 0 Å². The highest BCUT2D eigenvalue weighted by molar-refractivity contribution is 5.91. The van der Waals surface area contributed by atoms with E-state index in [0.29, 0.717) is 5.91 Å². The number of nitrogens with zero attached hydrogens (tertiary/aromatic N) is 1. The summed E-state index contributed by atoms with van der Waals surface area (Å²) < 4.78 is 0. The van der Waals surface area contributed by atoms with Crippen LogP contribution in [0.4, 0.5) is 0 Å². The van der Waals surface area contributed by atoms with Gasteiger partial charge in [-0.3, -0.25) is 10.1 Å². The molecule has 0 radical (unpaired) electrons. The van der Waals surface area contributed by atoms with E-state index in [-0.39, 0.29) is 11.7 Å². The van der Waals surface area contributed by atoms with Gasteiger partial charge in [0.05, 0.1) is 11.7 Å². The molecule has 1 aliphatic heterocycles. The van der Waals surface area contributed by atoms with Gasteiger partial charge in [0.25, 0.3) is 0 Å². The smallest absolute Gasteiger partial charge is 0.243 e. The molecule has 3 heteroatoms. The molecule has 1 spiro atoms. The third-order valence-electron chi connectivity index (χ3n) is 2.78. The highest BCUT2D eigenvalue weighted by Crippen LogP contribution is 2.41. The van der Waals surface area contributed by atoms with Crippen LogP contribution in [0.3, 0.4) is 0 Å². The molecule has 2 aliphatic rings. The topological polar surface area (TPSA) is 32.3 Å². The maximum absolute atomic E-state index is 11.5. The average Bonchev–Trinajstić information content (AvgIpc) is 2.74. The monoisotopic (exact) mass is 154 g/mol. The van der Waals surface area contributed by atoms with Gasteiger partial charge in [0.1, 0.15) is 0 Å². The van der Waals surface area contributed by atoms with Crippen LogP contribution < -0.4 is 5.32 Å². The lowest BCUT2D eigenvalue weighted by Gasteiger charge is -2.16. The maximum atomic E-state index is 11.5. The molecule has 1 amide bonds. The van der Waals surface area contributed by atoms with Gasteiger partial charge in [0.15, 0.2) is 0 Å². The van der Waals surface area contributed by atoms with Gasteiger partial charge in [-0.1, -0.05) is 6.92 Å². The van der Waals surface area contributed by atoms with E-state index < -0.39 is 0 Å². The average molecular weight is 154 g/mol. The summed E-state index contributed by atoms with van der Waals surface area (Å²) in [4.78, 5) is 13.4. The van der Waals surface area contributed by atoms with Crippen LogP contribution in [0.25, 0.3) is 0 Å². The van der Waals surface area contributed by atoms with Crippen molar-refractivity contribution in [2.75, 3.05) is 7.05 Å². The second kappa shape index (κ2) is 1.97. The summed E-state index contributed by atoms with van der Waals surface area (Å²) in [5, 5.41) is 3.37. The van der Waals surface area contributed by atoms with Crippen molar-refractivity contribution in [3.05, 3.63) is 0 Å². The van der Waals surface area contributed by atoms with Crippen molar-refractivity contribution in [3.8, 4) is 0 Å². The van der Waals surface area contributed by atoms with Crippen LogP contribution in [0.5, 0.6) is 0 Å². The van der Waals surface area contributed by atoms with Crippen molar-refractivity contribution >= 4 is 5.91 Å². The molecule has 0 bridgehead atoms. The molecule has 1 unspecified atom stereocenters. The normalized spacial score (nSPS) is 33.5. The summed E-state index contributed by atoms with van der Waals surface area (Å²) in [6, 6.07) is 0. The molecule has 0 aromatic heterocycles. The van der Waals surface area contributed by atoms with E-state index in [9.17, 15) is 4.79 Å². The van der Waals surface area contributed by atoms with Crippen molar-refractivity contribution in [1.29, 1.82) is 0 Å². The predicted octanol–water partition coefficient (Wildman–Crippen LogP) is 0.317. The lowest BCUT2D eigenvalue weighted by molar-refractivity contribution is -0.129. The minimum absolute atomic E-state index is 0.116. The predicted molar refractivity (Wildman–Crippen MR) is 41.9 cm³/mol. The molecule has 0 aromatic rings. The summed E-state index contributed by atoms with van der Waals surface area (Å²) in [5.41, 5.74) is -0.116. The minimum Gasteiger partial charge on any atom is -0.329 e. The van der Waals surface area contributed by atoms with Crippen LogP contribution in [-0.4, -0.2) is 29.6 Å². The molecule has 1 saturated heterocycles. The number of carbonyl (C=O) groups is 1. The zero-order valence-corrected chi connectivity index (χ0v) is 7.05. The standard InChI is InChI=1S/C8H14N2O/c1-3-6-9-8(4-5-8)7(11)10(6)2/h6,9H,3-5H2,1-2H3. The van der Waals surface area contributed by atoms with E-state index in [4.69, 9.17) is 0 Å². The molecule has 2 fully saturated rings. The lowest BCUT2D eigenvalue weighted by Crippen LogP contribution is -2.34. The molecule has 3 nitrogen and oxygen atoms in total. The van der Waals surface area contributed by atoms with Crippen LogP contribution in [0.15, 0.2) is 0 Å². The number of hydrogen-bond donors (Lipinski definition) is 1. The first-order valence-corrected chi connectivity index (χ1v) is 4.24. The summed E-state index contributed by atoms with van der Waals surface area (Å²) >= 11 is 0. The number of hydrogen-bond acceptors (Lipinski definition) is 2. The molecular weight excluding hydrogens is 140 g/mol. The zero-order chi connectivity index (χ0) is 8.06. The Kier molecular flexibility index (Phi) is 1.27. The quantitative estimate of drug-likeness (QED) is 0.590. The Morgan fingerprint density at radius 3 is 2.64 bits per heavy atom. The maximum Gasteiger partial charge on any atom is 0.243 e. The van der Waals surface area contributed by atoms with E-state index in [1.54, 1.807) is 0 Å². The third kappa shape index (κ3) is 0.805. The Hall–Kier alpha value is -0.570. The molecule has 1 atom stereocenters. The van der Waals surface area contributed by atoms with Gasteiger partial charge in [0, 0.05) is 7.05 Å². The Morgan fingerprint density at radius 2 is 2.36 bits per heavy atom. The fourth-order valence-electron chi connectivity index (χ4n) is 1.82. The minimum atomic E-state index is -0.116. The summed E-state index contributed by atoms with van der Waals surface area (Å²) in [6.45, 7) is 2.10. The molecule has 1 heterocycles. The molecule has 11 heavy (non-hydrogen) atoms. The fourth-order valence-corrected chi connectivity index (χ4v) is 1.82. The lowest BCUT2D eigenvalue weighted by atomic mass is 10.3. The molecule has 1 aliphatic carbocycles. The van der Waals surface area contributed by atoms with Crippen LogP contribution in [0.2, 0.25) is 0 Å². The molecule has 62 valence electrons. The number of likely N-dealkylation sites (N-methyl/N-ethyl adjacent to an activating group) is 1. The molecule has 1 saturated carbocycles. The number of carbonyl (C=O) groups excluding carboxylic acids is 1. The molecular formula is C8H14N2O. The van der Waals surface area contributed by atoms with Crippen LogP contribution in [-0.2, 0) is 4.79 Å². The van der Waals surface area contributed by atoms with E-state index in [0.717, 1.165) is 19.3 Å². The van der Waals surface area contributed by atoms with Gasteiger partial charge in [0.2, 0.25) is 5.91 Å². The SMILES string of the molecule is CCC1NC2(CC2)C(=O)N1C. The first kappa shape index (κ1) is 7.10. The molecule has 1 N–H and O–H groups in total. The van der Waals surface area contributed by atoms with Gasteiger partial charge in [-0.05, 0) is 19.3 Å². The number of amides is 1. The van der Waals surface area contributed by atoms with Crippen LogP contribution >= 0.6 is 0 Å². The highest BCUT2D eigenvalue weighted by Gasteiger charge is 2.57. The largest absolute Gasteiger partial charge is 0.329 e. The van der Waals surface area contributed by atoms with Crippen molar-refractivity contribution in [2.45, 2.75) is 37.9 Å². The Balaban J connectivity index is 2.17. The summed E-state index contributed by atoms with van der Waals surface area (Å²) in [6.07, 6.45) is 3.36. The first-order valence-electron chi connectivity index (χ1n) is 4.24. The third-order valence-corrected chi connectivity index (χ3v) is 2.78. The van der Waals surface area contributed by atoms with Gasteiger partial charge in [-0.2, -0.15) is 0 Å². The van der Waals surface area contributed by atoms with Gasteiger partial charge in [-0.15, -0.1) is 0 Å². The van der Waals surface area contributed by atoms with E-state index in [2.05, 4.69) is 12.2 Å². The number of rotatable bonds is 1. The van der Waals surface area contributed by atoms with Crippen LogP contribution in [0, 0.1) is 0 Å². The molecule has 0 aromatic carbocycles. The Bertz CT molecular complexity index is 198. The van der Waals surface area contributed by atoms with E-state index in [1.165, 1.54) is 0 Å². The fraction of sp³-hybridized carbons (Fsp3) is 0.875. The second-order valence-electron chi connectivity index (χ2n) is 3.57. The van der Waals surface area contributed by atoms with Gasteiger partial charge in [-0.25, -0.2) is 0 Å². The molecule has 2 rings (SSSR count). The van der Waals surface area contributed by atoms with Gasteiger partial charge < -0.3 is 4.90 Å². The van der Waals surface area contributed by atoms with Crippen LogP contribution in [0.1, 0.15) is 26.2 Å². The second-order valence-corrected chi connectivity index (χ2v) is 3.57. The van der Waals surface area contributed by atoms with Crippen molar-refractivity contribution in [1.82, 2.24) is 10.2 Å². The van der Waals surface area contributed by atoms with Crippen molar-refractivity contribution < 1.29 is 4.79 Å². The van der Waals surface area contributed by atoms with E-state index >= 15 is 0 Å². The number of nitrogens with one attached hydrogen (secondary N) is 1. The summed E-state index contributed by atoms with van der Waals surface area (Å²) in [7, 11) is 1.89. The highest BCUT2D eigenvalue weighted by atomic mass is 16.2. The van der Waals surface area contributed by atoms with E-state index in [1.807, 2.05) is 11.9 Å². The zero-order valence-electron chi connectivity index (χ0n) is 7.05. The van der Waals surface area contributed by atoms with Crippen molar-refractivity contribution in [3.63, 3.8) is 0 Å².